The zero-order valence-electron chi connectivity index (χ0n) is 10.6. The second-order valence-corrected chi connectivity index (χ2v) is 6.58. The maximum atomic E-state index is 12.0. The van der Waals surface area contributed by atoms with E-state index < -0.39 is 0 Å². The van der Waals surface area contributed by atoms with Crippen LogP contribution >= 0.6 is 35.6 Å². The molecule has 0 spiro atoms. The second kappa shape index (κ2) is 7.27. The summed E-state index contributed by atoms with van der Waals surface area (Å²) >= 11 is 12.6. The molecule has 1 aromatic rings. The second-order valence-electron chi connectivity index (χ2n) is 4.53. The summed E-state index contributed by atoms with van der Waals surface area (Å²) in [5, 5.41) is 0.646. The van der Waals surface area contributed by atoms with Crippen LogP contribution in [0, 0.1) is 0 Å². The molecule has 1 fully saturated rings. The van der Waals surface area contributed by atoms with Crippen molar-refractivity contribution in [2.24, 2.45) is 0 Å². The molecule has 1 aliphatic heterocycles. The van der Waals surface area contributed by atoms with Gasteiger partial charge in [0.05, 0.1) is 5.75 Å². The van der Waals surface area contributed by atoms with Gasteiger partial charge in [0, 0.05) is 23.7 Å². The van der Waals surface area contributed by atoms with E-state index in [9.17, 15) is 4.79 Å². The van der Waals surface area contributed by atoms with E-state index in [1.54, 1.807) is 24.3 Å². The van der Waals surface area contributed by atoms with Gasteiger partial charge in [0.15, 0.2) is 5.78 Å². The van der Waals surface area contributed by atoms with Gasteiger partial charge in [-0.2, -0.15) is 0 Å². The van der Waals surface area contributed by atoms with Crippen molar-refractivity contribution in [3.63, 3.8) is 0 Å². The van der Waals surface area contributed by atoms with E-state index in [1.165, 1.54) is 31.0 Å². The van der Waals surface area contributed by atoms with Gasteiger partial charge in [-0.1, -0.05) is 35.6 Å². The van der Waals surface area contributed by atoms with Gasteiger partial charge in [0.25, 0.3) is 0 Å². The monoisotopic (exact) mass is 313 g/mol. The average Bonchev–Trinajstić information content (AvgIpc) is 2.46. The van der Waals surface area contributed by atoms with Crippen molar-refractivity contribution in [1.82, 2.24) is 4.90 Å². The summed E-state index contributed by atoms with van der Waals surface area (Å²) in [5.74, 6) is 0.498. The Hall–Kier alpha value is -0.580. The normalized spacial score (nSPS) is 15.3. The number of piperidine rings is 1. The van der Waals surface area contributed by atoms with Crippen LogP contribution in [0.5, 0.6) is 0 Å². The molecule has 2 rings (SSSR count). The third-order valence-electron chi connectivity index (χ3n) is 3.11. The van der Waals surface area contributed by atoms with E-state index in [0.29, 0.717) is 16.3 Å². The largest absolute Gasteiger partial charge is 0.358 e. The van der Waals surface area contributed by atoms with E-state index in [1.807, 2.05) is 0 Å². The number of benzene rings is 1. The summed E-state index contributed by atoms with van der Waals surface area (Å²) < 4.78 is 0.849. The Labute approximate surface area is 128 Å². The molecule has 1 heterocycles. The van der Waals surface area contributed by atoms with Crippen molar-refractivity contribution in [3.05, 3.63) is 34.9 Å². The number of nitrogens with zero attached hydrogens (tertiary/aromatic N) is 1. The molecule has 0 saturated carbocycles. The minimum Gasteiger partial charge on any atom is -0.358 e. The van der Waals surface area contributed by atoms with Gasteiger partial charge in [-0.25, -0.2) is 0 Å². The Kier molecular flexibility index (Phi) is 5.67. The third kappa shape index (κ3) is 4.48. The molecule has 19 heavy (non-hydrogen) atoms. The molecule has 0 radical (unpaired) electrons. The standard InChI is InChI=1S/C14H16ClNOS2/c15-12-6-4-11(5-7-12)13(17)10-19-14(18)16-8-2-1-3-9-16/h4-7H,1-3,8-10H2. The Morgan fingerprint density at radius 3 is 2.47 bits per heavy atom. The van der Waals surface area contributed by atoms with Crippen LogP contribution in [0.25, 0.3) is 0 Å². The third-order valence-corrected chi connectivity index (χ3v) is 4.88. The fourth-order valence-electron chi connectivity index (χ4n) is 2.01. The van der Waals surface area contributed by atoms with Gasteiger partial charge in [0.1, 0.15) is 4.32 Å². The molecule has 0 bridgehead atoms. The van der Waals surface area contributed by atoms with Gasteiger partial charge in [-0.15, -0.1) is 0 Å². The Bertz CT molecular complexity index is 455. The maximum absolute atomic E-state index is 12.0. The number of likely N-dealkylation sites (tertiary alicyclic amines) is 1. The van der Waals surface area contributed by atoms with Crippen molar-refractivity contribution in [2.75, 3.05) is 18.8 Å². The highest BCUT2D eigenvalue weighted by Gasteiger charge is 2.15. The molecule has 2 nitrogen and oxygen atoms in total. The molecule has 5 heteroatoms. The highest BCUT2D eigenvalue weighted by molar-refractivity contribution is 8.23. The zero-order chi connectivity index (χ0) is 13.7. The lowest BCUT2D eigenvalue weighted by atomic mass is 10.1. The lowest BCUT2D eigenvalue weighted by molar-refractivity contribution is 0.102. The van der Waals surface area contributed by atoms with Gasteiger partial charge in [-0.05, 0) is 43.5 Å². The molecular weight excluding hydrogens is 298 g/mol. The predicted octanol–water partition coefficient (Wildman–Crippen LogP) is 4.03. The van der Waals surface area contributed by atoms with Gasteiger partial charge >= 0.3 is 0 Å². The van der Waals surface area contributed by atoms with E-state index >= 15 is 0 Å². The quantitative estimate of drug-likeness (QED) is 0.620. The zero-order valence-corrected chi connectivity index (χ0v) is 13.0. The summed E-state index contributed by atoms with van der Waals surface area (Å²) in [6.07, 6.45) is 3.69. The van der Waals surface area contributed by atoms with Gasteiger partial charge in [-0.3, -0.25) is 4.79 Å². The number of thiocarbonyl (C=S) groups is 1. The summed E-state index contributed by atoms with van der Waals surface area (Å²) in [6, 6.07) is 7.00. The Morgan fingerprint density at radius 1 is 1.21 bits per heavy atom. The first-order valence-corrected chi connectivity index (χ1v) is 8.14. The first-order chi connectivity index (χ1) is 9.16. The van der Waals surface area contributed by atoms with Crippen LogP contribution in [0.2, 0.25) is 5.02 Å². The topological polar surface area (TPSA) is 20.3 Å². The maximum Gasteiger partial charge on any atom is 0.173 e. The van der Waals surface area contributed by atoms with E-state index in [-0.39, 0.29) is 5.78 Å². The number of carbonyl (C=O) groups is 1. The fraction of sp³-hybridized carbons (Fsp3) is 0.429. The first kappa shape index (κ1) is 14.8. The number of rotatable bonds is 3. The number of Topliss-reactive ketones (excluding diaryl/α,β-unsaturated/α-hetero) is 1. The van der Waals surface area contributed by atoms with Crippen molar-refractivity contribution in [2.45, 2.75) is 19.3 Å². The van der Waals surface area contributed by atoms with Gasteiger partial charge in [0.2, 0.25) is 0 Å². The van der Waals surface area contributed by atoms with E-state index in [0.717, 1.165) is 17.4 Å². The van der Waals surface area contributed by atoms with Crippen LogP contribution in [0.15, 0.2) is 24.3 Å². The molecule has 0 aliphatic carbocycles. The summed E-state index contributed by atoms with van der Waals surface area (Å²) in [4.78, 5) is 14.2. The first-order valence-electron chi connectivity index (χ1n) is 6.37. The fourth-order valence-corrected chi connectivity index (χ4v) is 3.29. The number of ketones is 1. The molecule has 1 saturated heterocycles. The molecule has 1 aliphatic rings. The smallest absolute Gasteiger partial charge is 0.173 e. The van der Waals surface area contributed by atoms with Gasteiger partial charge < -0.3 is 4.90 Å². The lowest BCUT2D eigenvalue weighted by Crippen LogP contribution is -2.33. The molecule has 0 amide bonds. The van der Waals surface area contributed by atoms with Crippen LogP contribution in [-0.4, -0.2) is 33.8 Å². The summed E-state index contributed by atoms with van der Waals surface area (Å²) in [5.41, 5.74) is 0.693. The average molecular weight is 314 g/mol. The summed E-state index contributed by atoms with van der Waals surface area (Å²) in [6.45, 7) is 2.06. The predicted molar refractivity (Wildman–Crippen MR) is 86.3 cm³/mol. The molecule has 0 N–H and O–H groups in total. The number of halogens is 1. The number of carbonyl (C=O) groups excluding carboxylic acids is 1. The van der Waals surface area contributed by atoms with Crippen molar-refractivity contribution < 1.29 is 4.79 Å². The highest BCUT2D eigenvalue weighted by Crippen LogP contribution is 2.18. The minimum absolute atomic E-state index is 0.0982. The van der Waals surface area contributed by atoms with Crippen molar-refractivity contribution in [3.8, 4) is 0 Å². The molecule has 0 aromatic heterocycles. The van der Waals surface area contributed by atoms with E-state index in [4.69, 9.17) is 23.8 Å². The van der Waals surface area contributed by atoms with Crippen LogP contribution in [0.1, 0.15) is 29.6 Å². The van der Waals surface area contributed by atoms with Crippen molar-refractivity contribution >= 4 is 45.7 Å². The minimum atomic E-state index is 0.0982. The molecule has 102 valence electrons. The molecule has 1 aromatic carbocycles. The number of hydrogen-bond acceptors (Lipinski definition) is 3. The number of thioether (sulfide) groups is 1. The van der Waals surface area contributed by atoms with E-state index in [2.05, 4.69) is 4.90 Å². The lowest BCUT2D eigenvalue weighted by Gasteiger charge is -2.28. The van der Waals surface area contributed by atoms with Crippen LogP contribution in [0.3, 0.4) is 0 Å². The highest BCUT2D eigenvalue weighted by atomic mass is 35.5. The molecule has 0 atom stereocenters. The SMILES string of the molecule is O=C(CSC(=S)N1CCCCC1)c1ccc(Cl)cc1. The summed E-state index contributed by atoms with van der Waals surface area (Å²) in [7, 11) is 0. The number of hydrogen-bond donors (Lipinski definition) is 0. The Balaban J connectivity index is 1.82. The van der Waals surface area contributed by atoms with Crippen LogP contribution in [0.4, 0.5) is 0 Å². The van der Waals surface area contributed by atoms with Crippen LogP contribution < -0.4 is 0 Å². The molecule has 0 unspecified atom stereocenters. The molecular formula is C14H16ClNOS2. The Morgan fingerprint density at radius 2 is 1.84 bits per heavy atom. The van der Waals surface area contributed by atoms with Crippen LogP contribution in [-0.2, 0) is 0 Å². The van der Waals surface area contributed by atoms with Crippen molar-refractivity contribution in [1.29, 1.82) is 0 Å².